The highest BCUT2D eigenvalue weighted by molar-refractivity contribution is 7.15. The number of nitrogens with one attached hydrogen (secondary N) is 3. The summed E-state index contributed by atoms with van der Waals surface area (Å²) in [5, 5.41) is 13.1. The van der Waals surface area contributed by atoms with Gasteiger partial charge in [-0.1, -0.05) is 0 Å². The number of thiophene rings is 1. The van der Waals surface area contributed by atoms with Crippen LogP contribution in [-0.4, -0.2) is 27.1 Å². The van der Waals surface area contributed by atoms with Gasteiger partial charge in [0.25, 0.3) is 5.91 Å². The first-order valence-electron chi connectivity index (χ1n) is 7.68. The van der Waals surface area contributed by atoms with Crippen LogP contribution in [0.2, 0.25) is 0 Å². The first-order valence-corrected chi connectivity index (χ1v) is 8.49. The van der Waals surface area contributed by atoms with Crippen molar-refractivity contribution >= 4 is 28.9 Å². The molecule has 0 saturated heterocycles. The van der Waals surface area contributed by atoms with Gasteiger partial charge in [-0.15, -0.1) is 11.3 Å². The van der Waals surface area contributed by atoms with Crippen molar-refractivity contribution in [3.8, 4) is 10.6 Å². The van der Waals surface area contributed by atoms with Crippen molar-refractivity contribution in [1.29, 1.82) is 0 Å². The Kier molecular flexibility index (Phi) is 4.61. The van der Waals surface area contributed by atoms with Gasteiger partial charge in [-0.3, -0.25) is 9.89 Å². The summed E-state index contributed by atoms with van der Waals surface area (Å²) in [4.78, 5) is 19.1. The Morgan fingerprint density at radius 2 is 2.12 bits per heavy atom. The molecule has 124 valence electrons. The molecule has 0 atom stereocenters. The van der Waals surface area contributed by atoms with Crippen LogP contribution < -0.4 is 10.6 Å². The zero-order valence-electron chi connectivity index (χ0n) is 13.8. The van der Waals surface area contributed by atoms with Crippen molar-refractivity contribution in [3.05, 3.63) is 47.0 Å². The molecule has 3 N–H and O–H groups in total. The largest absolute Gasteiger partial charge is 0.367 e. The van der Waals surface area contributed by atoms with Gasteiger partial charge in [0, 0.05) is 23.2 Å². The summed E-state index contributed by atoms with van der Waals surface area (Å²) in [5.74, 6) is 0.807. The van der Waals surface area contributed by atoms with E-state index >= 15 is 0 Å². The van der Waals surface area contributed by atoms with Crippen LogP contribution in [0.3, 0.4) is 0 Å². The van der Waals surface area contributed by atoms with E-state index in [9.17, 15) is 4.79 Å². The van der Waals surface area contributed by atoms with Crippen LogP contribution in [0.4, 0.5) is 11.6 Å². The molecule has 0 spiro atoms. The van der Waals surface area contributed by atoms with Gasteiger partial charge in [0.05, 0.1) is 16.1 Å². The van der Waals surface area contributed by atoms with E-state index in [1.807, 2.05) is 26.0 Å². The molecule has 3 heterocycles. The molecular formula is C17H19N5OS. The van der Waals surface area contributed by atoms with E-state index in [1.165, 1.54) is 4.88 Å². The normalized spacial score (nSPS) is 10.8. The SMILES string of the molecule is Cc1ccc(-c2cc(NC(=O)c3cccnc3NC(C)C)n[nH]2)s1. The molecule has 0 aliphatic carbocycles. The quantitative estimate of drug-likeness (QED) is 0.657. The Morgan fingerprint density at radius 1 is 1.29 bits per heavy atom. The number of hydrogen-bond acceptors (Lipinski definition) is 5. The van der Waals surface area contributed by atoms with Gasteiger partial charge in [0.15, 0.2) is 5.82 Å². The van der Waals surface area contributed by atoms with Crippen LogP contribution in [0.15, 0.2) is 36.5 Å². The van der Waals surface area contributed by atoms with Gasteiger partial charge in [-0.2, -0.15) is 5.10 Å². The predicted octanol–water partition coefficient (Wildman–Crippen LogP) is 3.91. The van der Waals surface area contributed by atoms with Crippen LogP contribution in [0, 0.1) is 6.92 Å². The van der Waals surface area contributed by atoms with Crippen LogP contribution in [0.5, 0.6) is 0 Å². The highest BCUT2D eigenvalue weighted by Crippen LogP contribution is 2.27. The second kappa shape index (κ2) is 6.84. The number of hydrogen-bond donors (Lipinski definition) is 3. The molecule has 0 unspecified atom stereocenters. The van der Waals surface area contributed by atoms with Crippen LogP contribution in [0.1, 0.15) is 29.1 Å². The highest BCUT2D eigenvalue weighted by atomic mass is 32.1. The lowest BCUT2D eigenvalue weighted by Gasteiger charge is -2.12. The third-order valence-corrected chi connectivity index (χ3v) is 4.34. The second-order valence-corrected chi connectivity index (χ2v) is 7.02. The smallest absolute Gasteiger partial charge is 0.260 e. The molecule has 0 saturated carbocycles. The zero-order valence-corrected chi connectivity index (χ0v) is 14.6. The minimum Gasteiger partial charge on any atom is -0.367 e. The number of carbonyl (C=O) groups is 1. The molecule has 0 radical (unpaired) electrons. The molecule has 0 aromatic carbocycles. The number of aromatic nitrogens is 3. The molecule has 6 nitrogen and oxygen atoms in total. The van der Waals surface area contributed by atoms with Crippen LogP contribution in [0.25, 0.3) is 10.6 Å². The number of anilines is 2. The fraction of sp³-hybridized carbons (Fsp3) is 0.235. The van der Waals surface area contributed by atoms with Gasteiger partial charge in [0.1, 0.15) is 5.82 Å². The summed E-state index contributed by atoms with van der Waals surface area (Å²) < 4.78 is 0. The number of amides is 1. The van der Waals surface area contributed by atoms with E-state index in [1.54, 1.807) is 29.7 Å². The minimum atomic E-state index is -0.244. The Balaban J connectivity index is 1.77. The van der Waals surface area contributed by atoms with E-state index in [4.69, 9.17) is 0 Å². The first kappa shape index (κ1) is 16.2. The third-order valence-electron chi connectivity index (χ3n) is 3.30. The van der Waals surface area contributed by atoms with Crippen LogP contribution in [-0.2, 0) is 0 Å². The zero-order chi connectivity index (χ0) is 17.1. The van der Waals surface area contributed by atoms with Crippen molar-refractivity contribution in [2.45, 2.75) is 26.8 Å². The lowest BCUT2D eigenvalue weighted by atomic mass is 10.2. The highest BCUT2D eigenvalue weighted by Gasteiger charge is 2.15. The standard InChI is InChI=1S/C17H19N5OS/c1-10(2)19-16-12(5-4-8-18-16)17(23)20-15-9-13(21-22-15)14-7-6-11(3)24-14/h4-10H,1-3H3,(H,18,19)(H2,20,21,22,23). The van der Waals surface area contributed by atoms with Gasteiger partial charge in [0.2, 0.25) is 0 Å². The Hall–Kier alpha value is -2.67. The molecule has 0 fully saturated rings. The van der Waals surface area contributed by atoms with E-state index < -0.39 is 0 Å². The monoisotopic (exact) mass is 341 g/mol. The summed E-state index contributed by atoms with van der Waals surface area (Å²) in [6.45, 7) is 6.05. The molecule has 3 aromatic rings. The molecule has 0 aliphatic heterocycles. The van der Waals surface area contributed by atoms with E-state index in [0.29, 0.717) is 17.2 Å². The number of rotatable bonds is 5. The van der Waals surface area contributed by atoms with E-state index in [2.05, 4.69) is 38.8 Å². The topological polar surface area (TPSA) is 82.7 Å². The number of carbonyl (C=O) groups excluding carboxylic acids is 1. The van der Waals surface area contributed by atoms with Crippen molar-refractivity contribution in [3.63, 3.8) is 0 Å². The number of H-pyrrole nitrogens is 1. The minimum absolute atomic E-state index is 0.186. The molecule has 0 aliphatic rings. The lowest BCUT2D eigenvalue weighted by molar-refractivity contribution is 0.102. The summed E-state index contributed by atoms with van der Waals surface area (Å²) in [6.07, 6.45) is 1.66. The van der Waals surface area contributed by atoms with Crippen molar-refractivity contribution in [1.82, 2.24) is 15.2 Å². The first-order chi connectivity index (χ1) is 11.5. The maximum atomic E-state index is 12.5. The number of pyridine rings is 1. The van der Waals surface area contributed by atoms with Crippen molar-refractivity contribution in [2.24, 2.45) is 0 Å². The molecule has 24 heavy (non-hydrogen) atoms. The summed E-state index contributed by atoms with van der Waals surface area (Å²) >= 11 is 1.67. The summed E-state index contributed by atoms with van der Waals surface area (Å²) in [5.41, 5.74) is 1.37. The van der Waals surface area contributed by atoms with E-state index in [0.717, 1.165) is 10.6 Å². The van der Waals surface area contributed by atoms with Crippen molar-refractivity contribution in [2.75, 3.05) is 10.6 Å². The predicted molar refractivity (Wildman–Crippen MR) is 97.6 cm³/mol. The molecule has 1 amide bonds. The lowest BCUT2D eigenvalue weighted by Crippen LogP contribution is -2.18. The Morgan fingerprint density at radius 3 is 2.83 bits per heavy atom. The second-order valence-electron chi connectivity index (χ2n) is 5.73. The molecule has 3 aromatic heterocycles. The summed E-state index contributed by atoms with van der Waals surface area (Å²) in [7, 11) is 0. The van der Waals surface area contributed by atoms with Crippen LogP contribution >= 0.6 is 11.3 Å². The molecule has 3 rings (SSSR count). The average molecular weight is 341 g/mol. The molecule has 0 bridgehead atoms. The maximum absolute atomic E-state index is 12.5. The van der Waals surface area contributed by atoms with Gasteiger partial charge < -0.3 is 10.6 Å². The maximum Gasteiger partial charge on any atom is 0.260 e. The number of aromatic amines is 1. The van der Waals surface area contributed by atoms with Gasteiger partial charge in [-0.25, -0.2) is 4.98 Å². The van der Waals surface area contributed by atoms with Crippen molar-refractivity contribution < 1.29 is 4.79 Å². The Bertz CT molecular complexity index is 852. The fourth-order valence-electron chi connectivity index (χ4n) is 2.25. The fourth-order valence-corrected chi connectivity index (χ4v) is 3.09. The third kappa shape index (κ3) is 3.62. The molecular weight excluding hydrogens is 322 g/mol. The summed E-state index contributed by atoms with van der Waals surface area (Å²) in [6, 6.07) is 9.58. The number of nitrogens with zero attached hydrogens (tertiary/aromatic N) is 2. The molecule has 7 heteroatoms. The number of aryl methyl sites for hydroxylation is 1. The van der Waals surface area contributed by atoms with E-state index in [-0.39, 0.29) is 11.9 Å². The Labute approximate surface area is 144 Å². The van der Waals surface area contributed by atoms with Gasteiger partial charge in [-0.05, 0) is 45.0 Å². The average Bonchev–Trinajstić information content (AvgIpc) is 3.16. The van der Waals surface area contributed by atoms with Gasteiger partial charge >= 0.3 is 0 Å².